The lowest BCUT2D eigenvalue weighted by molar-refractivity contribution is -0.153. The molecular weight excluding hydrogens is 404 g/mol. The number of carboxylic acids is 1. The van der Waals surface area contributed by atoms with E-state index in [1.165, 1.54) is 38.6 Å². The molecule has 2 N–H and O–H groups in total. The minimum Gasteiger partial charge on any atom is -0.496 e. The Hall–Kier alpha value is -2.49. The molecule has 0 aliphatic heterocycles. The van der Waals surface area contributed by atoms with Gasteiger partial charge in [-0.05, 0) is 12.1 Å². The predicted molar refractivity (Wildman–Crippen MR) is 86.3 cm³/mol. The number of nitrogens with zero attached hydrogens (tertiary/aromatic N) is 2. The Labute approximate surface area is 149 Å². The third-order valence-corrected chi connectivity index (χ3v) is 3.91. The summed E-state index contributed by atoms with van der Waals surface area (Å²) in [5, 5.41) is 11.2. The molecule has 25 heavy (non-hydrogen) atoms. The second kappa shape index (κ2) is 7.18. The molecule has 134 valence electrons. The highest BCUT2D eigenvalue weighted by Gasteiger charge is 2.46. The number of methoxy groups -OCH3 is 1. The van der Waals surface area contributed by atoms with E-state index >= 15 is 0 Å². The van der Waals surface area contributed by atoms with Crippen molar-refractivity contribution in [3.05, 3.63) is 46.5 Å². The number of hydrogen-bond acceptors (Lipinski definition) is 4. The van der Waals surface area contributed by atoms with Crippen molar-refractivity contribution in [2.75, 3.05) is 7.11 Å². The minimum atomic E-state index is -4.01. The maximum absolute atomic E-state index is 14.3. The number of benzene rings is 1. The first-order chi connectivity index (χ1) is 11.7. The molecule has 1 aromatic carbocycles. The predicted octanol–water partition coefficient (Wildman–Crippen LogP) is 2.23. The van der Waals surface area contributed by atoms with Crippen LogP contribution < -0.4 is 10.1 Å². The summed E-state index contributed by atoms with van der Waals surface area (Å²) < 4.78 is 35.3. The number of imidazole rings is 1. The van der Waals surface area contributed by atoms with Crippen LogP contribution in [0.15, 0.2) is 35.1 Å². The number of rotatable bonds is 6. The van der Waals surface area contributed by atoms with E-state index in [1.54, 1.807) is 0 Å². The summed E-state index contributed by atoms with van der Waals surface area (Å²) >= 11 is 3.19. The Morgan fingerprint density at radius 2 is 2.12 bits per heavy atom. The highest BCUT2D eigenvalue weighted by Crippen LogP contribution is 2.31. The van der Waals surface area contributed by atoms with Crippen LogP contribution >= 0.6 is 15.9 Å². The van der Waals surface area contributed by atoms with Gasteiger partial charge in [-0.25, -0.2) is 9.78 Å². The van der Waals surface area contributed by atoms with Crippen molar-refractivity contribution < 1.29 is 28.2 Å². The van der Waals surface area contributed by atoms with Crippen LogP contribution in [0.5, 0.6) is 5.75 Å². The van der Waals surface area contributed by atoms with Crippen LogP contribution in [0.4, 0.5) is 8.78 Å². The Morgan fingerprint density at radius 3 is 2.64 bits per heavy atom. The summed E-state index contributed by atoms with van der Waals surface area (Å²) in [4.78, 5) is 27.0. The molecule has 1 unspecified atom stereocenters. The normalized spacial score (nSPS) is 12.5. The molecule has 7 nitrogen and oxygen atoms in total. The van der Waals surface area contributed by atoms with Crippen molar-refractivity contribution in [1.29, 1.82) is 0 Å². The summed E-state index contributed by atoms with van der Waals surface area (Å²) in [6.07, 6.45) is 2.37. The lowest BCUT2D eigenvalue weighted by Gasteiger charge is -2.21. The lowest BCUT2D eigenvalue weighted by Crippen LogP contribution is -2.43. The zero-order valence-corrected chi connectivity index (χ0v) is 14.8. The lowest BCUT2D eigenvalue weighted by atomic mass is 10.1. The van der Waals surface area contributed by atoms with E-state index in [4.69, 9.17) is 4.74 Å². The van der Waals surface area contributed by atoms with Gasteiger partial charge >= 0.3 is 11.9 Å². The van der Waals surface area contributed by atoms with Crippen molar-refractivity contribution in [1.82, 2.24) is 14.9 Å². The molecule has 0 bridgehead atoms. The molecule has 1 aromatic heterocycles. The molecule has 1 atom stereocenters. The van der Waals surface area contributed by atoms with Gasteiger partial charge in [0.1, 0.15) is 5.75 Å². The smallest absolute Gasteiger partial charge is 0.381 e. The fourth-order valence-electron chi connectivity index (χ4n) is 2.19. The average molecular weight is 418 g/mol. The number of alkyl halides is 2. The topological polar surface area (TPSA) is 93.5 Å². The van der Waals surface area contributed by atoms with Crippen LogP contribution in [-0.2, 0) is 22.6 Å². The van der Waals surface area contributed by atoms with Gasteiger partial charge in [-0.3, -0.25) is 4.79 Å². The van der Waals surface area contributed by atoms with Gasteiger partial charge in [-0.15, -0.1) is 0 Å². The standard InChI is InChI=1S/C15H14BrF2N3O4/c1-21-6-5-19-13(21)15(17,18)14(24)20-11(12(22)23)9-4-3-8(16)7-10(9)25-2/h3-7,11H,1-2H3,(H,20,24)(H,22,23). The number of hydrogen-bond donors (Lipinski definition) is 2. The van der Waals surface area contributed by atoms with Gasteiger partial charge in [0.2, 0.25) is 0 Å². The summed E-state index contributed by atoms with van der Waals surface area (Å²) in [6, 6.07) is 2.62. The minimum absolute atomic E-state index is 0.0298. The molecule has 0 spiro atoms. The van der Waals surface area contributed by atoms with Gasteiger partial charge in [0, 0.05) is 29.5 Å². The van der Waals surface area contributed by atoms with Crippen molar-refractivity contribution >= 4 is 27.8 Å². The van der Waals surface area contributed by atoms with Gasteiger partial charge in [-0.2, -0.15) is 8.78 Å². The van der Waals surface area contributed by atoms with Crippen LogP contribution in [0.2, 0.25) is 0 Å². The molecule has 0 radical (unpaired) electrons. The molecule has 0 aliphatic carbocycles. The van der Waals surface area contributed by atoms with Crippen molar-refractivity contribution in [2.45, 2.75) is 12.0 Å². The second-order valence-corrected chi connectivity index (χ2v) is 5.98. The van der Waals surface area contributed by atoms with Crippen molar-refractivity contribution in [3.8, 4) is 5.75 Å². The monoisotopic (exact) mass is 417 g/mol. The van der Waals surface area contributed by atoms with Crippen molar-refractivity contribution in [2.24, 2.45) is 7.05 Å². The summed E-state index contributed by atoms with van der Waals surface area (Å²) in [5.74, 6) is -7.96. The van der Waals surface area contributed by atoms with E-state index in [0.717, 1.165) is 10.8 Å². The van der Waals surface area contributed by atoms with E-state index in [1.807, 2.05) is 5.32 Å². The zero-order valence-electron chi connectivity index (χ0n) is 13.2. The maximum Gasteiger partial charge on any atom is 0.381 e. The third kappa shape index (κ3) is 3.78. The van der Waals surface area contributed by atoms with E-state index < -0.39 is 29.7 Å². The maximum atomic E-state index is 14.3. The van der Waals surface area contributed by atoms with Crippen LogP contribution in [0.3, 0.4) is 0 Å². The molecular formula is C15H14BrF2N3O4. The molecule has 0 aliphatic rings. The first kappa shape index (κ1) is 18.8. The Balaban J connectivity index is 2.36. The van der Waals surface area contributed by atoms with E-state index in [9.17, 15) is 23.5 Å². The molecule has 1 amide bonds. The molecule has 0 fully saturated rings. The fourth-order valence-corrected chi connectivity index (χ4v) is 2.53. The highest BCUT2D eigenvalue weighted by molar-refractivity contribution is 9.10. The Kier molecular flexibility index (Phi) is 5.41. The highest BCUT2D eigenvalue weighted by atomic mass is 79.9. The van der Waals surface area contributed by atoms with E-state index in [-0.39, 0.29) is 11.3 Å². The number of aryl methyl sites for hydroxylation is 1. The quantitative estimate of drug-likeness (QED) is 0.751. The zero-order chi connectivity index (χ0) is 18.8. The Bertz CT molecular complexity index is 810. The number of nitrogens with one attached hydrogen (secondary N) is 1. The third-order valence-electron chi connectivity index (χ3n) is 3.42. The SMILES string of the molecule is COc1cc(Br)ccc1C(NC(=O)C(F)(F)c1nccn1C)C(=O)O. The average Bonchev–Trinajstić information content (AvgIpc) is 2.99. The van der Waals surface area contributed by atoms with Crippen LogP contribution in [0.1, 0.15) is 17.4 Å². The number of aromatic nitrogens is 2. The van der Waals surface area contributed by atoms with Crippen molar-refractivity contribution in [3.63, 3.8) is 0 Å². The molecule has 1 heterocycles. The van der Waals surface area contributed by atoms with Crippen LogP contribution in [0, 0.1) is 0 Å². The van der Waals surface area contributed by atoms with Crippen LogP contribution in [0.25, 0.3) is 0 Å². The number of halogens is 3. The Morgan fingerprint density at radius 1 is 1.44 bits per heavy atom. The number of carbonyl (C=O) groups excluding carboxylic acids is 1. The summed E-state index contributed by atoms with van der Waals surface area (Å²) in [6.45, 7) is 0. The molecule has 10 heteroatoms. The van der Waals surface area contributed by atoms with Crippen LogP contribution in [-0.4, -0.2) is 33.6 Å². The second-order valence-electron chi connectivity index (χ2n) is 5.07. The number of amides is 1. The molecule has 0 saturated heterocycles. The first-order valence-electron chi connectivity index (χ1n) is 6.91. The van der Waals surface area contributed by atoms with E-state index in [0.29, 0.717) is 4.47 Å². The number of ether oxygens (including phenoxy) is 1. The molecule has 2 rings (SSSR count). The molecule has 0 saturated carbocycles. The summed E-state index contributed by atoms with van der Waals surface area (Å²) in [5.41, 5.74) is 0.0298. The van der Waals surface area contributed by atoms with Gasteiger partial charge < -0.3 is 19.7 Å². The summed E-state index contributed by atoms with van der Waals surface area (Å²) in [7, 11) is 2.60. The fraction of sp³-hybridized carbons (Fsp3) is 0.267. The van der Waals surface area contributed by atoms with Gasteiger partial charge in [0.05, 0.1) is 7.11 Å². The largest absolute Gasteiger partial charge is 0.496 e. The van der Waals surface area contributed by atoms with Gasteiger partial charge in [0.15, 0.2) is 11.9 Å². The number of aliphatic carboxylic acids is 1. The first-order valence-corrected chi connectivity index (χ1v) is 7.70. The van der Waals surface area contributed by atoms with Gasteiger partial charge in [-0.1, -0.05) is 22.0 Å². The number of carboxylic acid groups (broad SMARTS) is 1. The van der Waals surface area contributed by atoms with E-state index in [2.05, 4.69) is 20.9 Å². The number of carbonyl (C=O) groups is 2. The molecule has 2 aromatic rings. The van der Waals surface area contributed by atoms with Gasteiger partial charge in [0.25, 0.3) is 5.91 Å².